The van der Waals surface area contributed by atoms with Gasteiger partial charge >= 0.3 is 0 Å². The number of nitrogens with one attached hydrogen (secondary N) is 1. The van der Waals surface area contributed by atoms with E-state index in [9.17, 15) is 18.0 Å². The summed E-state index contributed by atoms with van der Waals surface area (Å²) in [5, 5.41) is 3.13. The highest BCUT2D eigenvalue weighted by atomic mass is 32.2. The average molecular weight is 652 g/mol. The number of ether oxygens (including phenoxy) is 3. The molecular weight excluding hydrogens is 606 g/mol. The third kappa shape index (κ3) is 8.51. The monoisotopic (exact) mass is 651 g/mol. The Bertz CT molecular complexity index is 1570. The van der Waals surface area contributed by atoms with Gasteiger partial charge in [0.25, 0.3) is 10.0 Å². The van der Waals surface area contributed by atoms with Crippen LogP contribution in [0.15, 0.2) is 71.6 Å². The second-order valence-corrected chi connectivity index (χ2v) is 13.3. The van der Waals surface area contributed by atoms with Gasteiger partial charge in [-0.25, -0.2) is 8.42 Å². The summed E-state index contributed by atoms with van der Waals surface area (Å²) in [7, 11) is -1.42. The van der Waals surface area contributed by atoms with Gasteiger partial charge in [-0.3, -0.25) is 13.9 Å². The lowest BCUT2D eigenvalue weighted by Gasteiger charge is -2.33. The van der Waals surface area contributed by atoms with Gasteiger partial charge in [0, 0.05) is 18.7 Å². The van der Waals surface area contributed by atoms with E-state index in [0.717, 1.165) is 47.5 Å². The summed E-state index contributed by atoms with van der Waals surface area (Å²) in [6.45, 7) is 5.55. The van der Waals surface area contributed by atoms with Gasteiger partial charge in [-0.1, -0.05) is 49.1 Å². The molecule has 0 aliphatic heterocycles. The molecule has 1 fully saturated rings. The van der Waals surface area contributed by atoms with Crippen molar-refractivity contribution < 1.29 is 32.2 Å². The molecule has 1 atom stereocenters. The second-order valence-electron chi connectivity index (χ2n) is 11.5. The number of nitrogens with zero attached hydrogens (tertiary/aromatic N) is 2. The molecule has 46 heavy (non-hydrogen) atoms. The van der Waals surface area contributed by atoms with Crippen molar-refractivity contribution >= 4 is 27.5 Å². The van der Waals surface area contributed by atoms with E-state index in [2.05, 4.69) is 5.32 Å². The lowest BCUT2D eigenvalue weighted by molar-refractivity contribution is -0.139. The van der Waals surface area contributed by atoms with E-state index in [0.29, 0.717) is 18.1 Å². The Balaban J connectivity index is 1.71. The molecule has 1 saturated carbocycles. The number of carbonyl (C=O) groups excluding carboxylic acids is 2. The molecule has 1 aliphatic carbocycles. The van der Waals surface area contributed by atoms with Crippen LogP contribution in [-0.4, -0.2) is 64.6 Å². The smallest absolute Gasteiger partial charge is 0.264 e. The standard InChI is InChI=1S/C35H45N3O7S/c1-6-45-30-18-16-29(17-19-30)38(46(41,42)31-20-21-32(43-4)33(22-31)44-5)24-34(39)37(23-27-14-12-25(2)13-15-27)26(3)35(40)36-28-10-8-7-9-11-28/h12-22,26,28H,6-11,23-24H2,1-5H3,(H,36,40)/t26-/m0/s1. The van der Waals surface area contributed by atoms with Gasteiger partial charge in [0.05, 0.1) is 31.4 Å². The van der Waals surface area contributed by atoms with Crippen LogP contribution < -0.4 is 23.8 Å². The Morgan fingerprint density at radius 3 is 2.17 bits per heavy atom. The molecule has 3 aromatic rings. The Morgan fingerprint density at radius 2 is 1.57 bits per heavy atom. The second kappa shape index (κ2) is 15.8. The summed E-state index contributed by atoms with van der Waals surface area (Å²) in [6.07, 6.45) is 5.06. The molecular formula is C35H45N3O7S. The molecule has 0 spiro atoms. The largest absolute Gasteiger partial charge is 0.494 e. The highest BCUT2D eigenvalue weighted by Gasteiger charge is 2.33. The number of hydrogen-bond acceptors (Lipinski definition) is 7. The fourth-order valence-corrected chi connectivity index (χ4v) is 6.98. The average Bonchev–Trinajstić information content (AvgIpc) is 3.07. The topological polar surface area (TPSA) is 114 Å². The Hall–Kier alpha value is -4.25. The van der Waals surface area contributed by atoms with Crippen molar-refractivity contribution in [3.05, 3.63) is 77.9 Å². The Labute approximate surface area is 272 Å². The summed E-state index contributed by atoms with van der Waals surface area (Å²) >= 11 is 0. The lowest BCUT2D eigenvalue weighted by Crippen LogP contribution is -2.53. The molecule has 0 saturated heterocycles. The number of benzene rings is 3. The van der Waals surface area contributed by atoms with Gasteiger partial charge < -0.3 is 24.4 Å². The van der Waals surface area contributed by atoms with Crippen molar-refractivity contribution in [1.82, 2.24) is 10.2 Å². The first-order valence-electron chi connectivity index (χ1n) is 15.7. The molecule has 0 aromatic heterocycles. The molecule has 0 unspecified atom stereocenters. The summed E-state index contributed by atoms with van der Waals surface area (Å²) < 4.78 is 45.9. The van der Waals surface area contributed by atoms with E-state index in [1.54, 1.807) is 31.2 Å². The highest BCUT2D eigenvalue weighted by Crippen LogP contribution is 2.33. The predicted octanol–water partition coefficient (Wildman–Crippen LogP) is 5.47. The van der Waals surface area contributed by atoms with E-state index in [4.69, 9.17) is 14.2 Å². The quantitative estimate of drug-likeness (QED) is 0.246. The summed E-state index contributed by atoms with van der Waals surface area (Å²) in [5.74, 6) is 0.380. The first kappa shape index (κ1) is 34.6. The molecule has 4 rings (SSSR count). The maximum absolute atomic E-state index is 14.3. The molecule has 0 bridgehead atoms. The van der Waals surface area contributed by atoms with Crippen molar-refractivity contribution in [2.75, 3.05) is 31.7 Å². The third-order valence-corrected chi connectivity index (χ3v) is 10.0. The van der Waals surface area contributed by atoms with E-state index in [1.807, 2.05) is 38.1 Å². The van der Waals surface area contributed by atoms with Crippen LogP contribution in [0.4, 0.5) is 5.69 Å². The molecule has 2 amide bonds. The van der Waals surface area contributed by atoms with Crippen LogP contribution in [0.1, 0.15) is 57.1 Å². The Morgan fingerprint density at radius 1 is 0.913 bits per heavy atom. The van der Waals surface area contributed by atoms with Gasteiger partial charge in [-0.2, -0.15) is 0 Å². The number of hydrogen-bond donors (Lipinski definition) is 1. The van der Waals surface area contributed by atoms with Gasteiger partial charge in [0.2, 0.25) is 11.8 Å². The lowest BCUT2D eigenvalue weighted by atomic mass is 9.95. The van der Waals surface area contributed by atoms with Gasteiger partial charge in [-0.15, -0.1) is 0 Å². The summed E-state index contributed by atoms with van der Waals surface area (Å²) in [4.78, 5) is 29.2. The molecule has 0 radical (unpaired) electrons. The fraction of sp³-hybridized carbons (Fsp3) is 0.429. The summed E-state index contributed by atoms with van der Waals surface area (Å²) in [6, 6.07) is 17.7. The zero-order valence-corrected chi connectivity index (χ0v) is 28.1. The van der Waals surface area contributed by atoms with Crippen molar-refractivity contribution in [2.24, 2.45) is 0 Å². The fourth-order valence-electron chi connectivity index (χ4n) is 5.55. The predicted molar refractivity (Wildman–Crippen MR) is 178 cm³/mol. The van der Waals surface area contributed by atoms with Gasteiger partial charge in [-0.05, 0) is 75.6 Å². The molecule has 0 heterocycles. The molecule has 10 nitrogen and oxygen atoms in total. The SMILES string of the molecule is CCOc1ccc(N(CC(=O)N(Cc2ccc(C)cc2)[C@@H](C)C(=O)NC2CCCCC2)S(=O)(=O)c2ccc(OC)c(OC)c2)cc1. The zero-order chi connectivity index (χ0) is 33.3. The van der Waals surface area contributed by atoms with Gasteiger partial charge in [0.15, 0.2) is 11.5 Å². The van der Waals surface area contributed by atoms with Crippen molar-refractivity contribution in [3.8, 4) is 17.2 Å². The van der Waals surface area contributed by atoms with E-state index in [1.165, 1.54) is 37.3 Å². The molecule has 1 aliphatic rings. The number of sulfonamides is 1. The number of rotatable bonds is 14. The van der Waals surface area contributed by atoms with Crippen LogP contribution in [0, 0.1) is 6.92 Å². The molecule has 1 N–H and O–H groups in total. The number of methoxy groups -OCH3 is 2. The number of anilines is 1. The zero-order valence-electron chi connectivity index (χ0n) is 27.3. The van der Waals surface area contributed by atoms with Crippen LogP contribution in [-0.2, 0) is 26.2 Å². The summed E-state index contributed by atoms with van der Waals surface area (Å²) in [5.41, 5.74) is 2.15. The maximum Gasteiger partial charge on any atom is 0.264 e. The number of carbonyl (C=O) groups is 2. The first-order valence-corrected chi connectivity index (χ1v) is 17.1. The van der Waals surface area contributed by atoms with E-state index in [-0.39, 0.29) is 34.8 Å². The first-order chi connectivity index (χ1) is 22.1. The third-order valence-electron chi connectivity index (χ3n) is 8.25. The van der Waals surface area contributed by atoms with Gasteiger partial charge in [0.1, 0.15) is 18.3 Å². The number of amides is 2. The molecule has 11 heteroatoms. The minimum absolute atomic E-state index is 0.0609. The van der Waals surface area contributed by atoms with Crippen molar-refractivity contribution in [3.63, 3.8) is 0 Å². The maximum atomic E-state index is 14.3. The Kier molecular flexibility index (Phi) is 11.9. The van der Waals surface area contributed by atoms with Crippen molar-refractivity contribution in [2.45, 2.75) is 76.4 Å². The molecule has 3 aromatic carbocycles. The normalized spacial score (nSPS) is 14.2. The van der Waals surface area contributed by atoms with E-state index >= 15 is 0 Å². The number of aryl methyl sites for hydroxylation is 1. The van der Waals surface area contributed by atoms with Crippen LogP contribution in [0.3, 0.4) is 0 Å². The highest BCUT2D eigenvalue weighted by molar-refractivity contribution is 7.92. The van der Waals surface area contributed by atoms with Crippen molar-refractivity contribution in [1.29, 1.82) is 0 Å². The van der Waals surface area contributed by atoms with Crippen LogP contribution >= 0.6 is 0 Å². The molecule has 248 valence electrons. The minimum Gasteiger partial charge on any atom is -0.494 e. The van der Waals surface area contributed by atoms with Crippen LogP contribution in [0.5, 0.6) is 17.2 Å². The minimum atomic E-state index is -4.30. The van der Waals surface area contributed by atoms with Crippen LogP contribution in [0.2, 0.25) is 0 Å². The van der Waals surface area contributed by atoms with Crippen LogP contribution in [0.25, 0.3) is 0 Å². The van der Waals surface area contributed by atoms with E-state index < -0.39 is 28.5 Å².